The van der Waals surface area contributed by atoms with Gasteiger partial charge in [-0.2, -0.15) is 0 Å². The average Bonchev–Trinajstić information content (AvgIpc) is 3.44. The standard InChI is InChI=1S/C32H42N4O5S/c1-25-7-6-8-26(21-25)24-42(38,39)32-33-22-29(36(32)28-9-4-3-5-10-28)23-35(16-15-34-17-19-41-20-18-34)31(37)27-11-13-30(40-2)14-12-27/h6-8,11-14,21-22,28H,3-5,9-10,15-20,23-24H2,1-2H3. The van der Waals surface area contributed by atoms with Gasteiger partial charge in [-0.3, -0.25) is 9.69 Å². The van der Waals surface area contributed by atoms with Crippen molar-refractivity contribution in [3.05, 3.63) is 77.1 Å². The van der Waals surface area contributed by atoms with Crippen molar-refractivity contribution >= 4 is 15.7 Å². The van der Waals surface area contributed by atoms with E-state index in [0.717, 1.165) is 62.0 Å². The first-order valence-electron chi connectivity index (χ1n) is 14.9. The molecule has 0 spiro atoms. The first-order chi connectivity index (χ1) is 20.3. The molecule has 2 fully saturated rings. The minimum atomic E-state index is -3.72. The van der Waals surface area contributed by atoms with Gasteiger partial charge in [0.2, 0.25) is 15.0 Å². The lowest BCUT2D eigenvalue weighted by atomic mass is 9.95. The second-order valence-corrected chi connectivity index (χ2v) is 13.2. The number of hydrogen-bond donors (Lipinski definition) is 0. The molecule has 42 heavy (non-hydrogen) atoms. The van der Waals surface area contributed by atoms with E-state index in [2.05, 4.69) is 9.88 Å². The highest BCUT2D eigenvalue weighted by Crippen LogP contribution is 2.33. The number of carbonyl (C=O) groups excluding carboxylic acids is 1. The summed E-state index contributed by atoms with van der Waals surface area (Å²) in [6, 6.07) is 14.8. The highest BCUT2D eigenvalue weighted by molar-refractivity contribution is 7.90. The van der Waals surface area contributed by atoms with E-state index in [1.807, 2.05) is 40.7 Å². The predicted molar refractivity (Wildman–Crippen MR) is 161 cm³/mol. The SMILES string of the molecule is COc1ccc(C(=O)N(CCN2CCOCC2)Cc2cnc(S(=O)(=O)Cc3cccc(C)c3)n2C2CCCCC2)cc1. The quantitative estimate of drug-likeness (QED) is 0.319. The van der Waals surface area contributed by atoms with E-state index in [1.165, 1.54) is 0 Å². The fourth-order valence-corrected chi connectivity index (χ4v) is 7.52. The van der Waals surface area contributed by atoms with E-state index in [9.17, 15) is 13.2 Å². The number of ether oxygens (including phenoxy) is 2. The molecule has 2 aliphatic rings. The van der Waals surface area contributed by atoms with Gasteiger partial charge < -0.3 is 18.9 Å². The molecule has 1 aliphatic carbocycles. The number of sulfone groups is 1. The Morgan fingerprint density at radius 2 is 1.81 bits per heavy atom. The van der Waals surface area contributed by atoms with Gasteiger partial charge in [0.25, 0.3) is 5.91 Å². The third-order valence-electron chi connectivity index (χ3n) is 8.26. The summed E-state index contributed by atoms with van der Waals surface area (Å²) in [5.74, 6) is 0.473. The van der Waals surface area contributed by atoms with E-state index in [4.69, 9.17) is 9.47 Å². The van der Waals surface area contributed by atoms with Crippen LogP contribution in [0.4, 0.5) is 0 Å². The highest BCUT2D eigenvalue weighted by Gasteiger charge is 2.30. The van der Waals surface area contributed by atoms with Crippen LogP contribution in [-0.4, -0.2) is 80.2 Å². The van der Waals surface area contributed by atoms with E-state index >= 15 is 0 Å². The Morgan fingerprint density at radius 1 is 1.07 bits per heavy atom. The van der Waals surface area contributed by atoms with Crippen LogP contribution in [0.2, 0.25) is 0 Å². The minimum absolute atomic E-state index is 0.0377. The summed E-state index contributed by atoms with van der Waals surface area (Å²) in [5, 5.41) is 0.107. The lowest BCUT2D eigenvalue weighted by molar-refractivity contribution is 0.0318. The van der Waals surface area contributed by atoms with Crippen molar-refractivity contribution in [2.45, 2.75) is 62.5 Å². The van der Waals surface area contributed by atoms with Gasteiger partial charge >= 0.3 is 0 Å². The molecule has 2 aromatic carbocycles. The second kappa shape index (κ2) is 13.8. The third-order valence-corrected chi connectivity index (χ3v) is 9.84. The third kappa shape index (κ3) is 7.40. The van der Waals surface area contributed by atoms with Crippen molar-refractivity contribution in [1.82, 2.24) is 19.4 Å². The van der Waals surface area contributed by atoms with Gasteiger partial charge in [0, 0.05) is 37.8 Å². The fourth-order valence-electron chi connectivity index (χ4n) is 5.99. The number of aromatic nitrogens is 2. The van der Waals surface area contributed by atoms with Crippen molar-refractivity contribution in [1.29, 1.82) is 0 Å². The summed E-state index contributed by atoms with van der Waals surface area (Å²) in [4.78, 5) is 22.5. The molecular weight excluding hydrogens is 552 g/mol. The van der Waals surface area contributed by atoms with Crippen LogP contribution in [0.25, 0.3) is 0 Å². The van der Waals surface area contributed by atoms with Gasteiger partial charge in [-0.15, -0.1) is 0 Å². The average molecular weight is 595 g/mol. The molecule has 0 unspecified atom stereocenters. The molecule has 1 saturated heterocycles. The molecule has 9 nitrogen and oxygen atoms in total. The summed E-state index contributed by atoms with van der Waals surface area (Å²) in [6.07, 6.45) is 6.71. The number of benzene rings is 2. The topological polar surface area (TPSA) is 94.0 Å². The molecule has 2 heterocycles. The highest BCUT2D eigenvalue weighted by atomic mass is 32.2. The van der Waals surface area contributed by atoms with Crippen molar-refractivity contribution in [3.8, 4) is 5.75 Å². The summed E-state index contributed by atoms with van der Waals surface area (Å²) in [5.41, 5.74) is 3.09. The van der Waals surface area contributed by atoms with Gasteiger partial charge in [0.1, 0.15) is 5.75 Å². The van der Waals surface area contributed by atoms with Crippen LogP contribution >= 0.6 is 0 Å². The maximum absolute atomic E-state index is 13.9. The van der Waals surface area contributed by atoms with Crippen LogP contribution in [0.15, 0.2) is 59.9 Å². The number of morpholine rings is 1. The number of hydrogen-bond acceptors (Lipinski definition) is 7. The lowest BCUT2D eigenvalue weighted by Gasteiger charge is -2.31. The molecule has 1 amide bonds. The van der Waals surface area contributed by atoms with Crippen molar-refractivity contribution in [2.75, 3.05) is 46.5 Å². The molecular formula is C32H42N4O5S. The Hall–Kier alpha value is -3.21. The van der Waals surface area contributed by atoms with E-state index in [-0.39, 0.29) is 29.4 Å². The van der Waals surface area contributed by atoms with Crippen LogP contribution in [0.5, 0.6) is 5.75 Å². The normalized spacial score (nSPS) is 16.8. The zero-order valence-electron chi connectivity index (χ0n) is 24.7. The van der Waals surface area contributed by atoms with Crippen LogP contribution in [0.3, 0.4) is 0 Å². The summed E-state index contributed by atoms with van der Waals surface area (Å²) >= 11 is 0. The second-order valence-electron chi connectivity index (χ2n) is 11.4. The fraction of sp³-hybridized carbons (Fsp3) is 0.500. The zero-order valence-corrected chi connectivity index (χ0v) is 25.5. The molecule has 226 valence electrons. The number of methoxy groups -OCH3 is 1. The van der Waals surface area contributed by atoms with Gasteiger partial charge in [-0.05, 0) is 49.6 Å². The summed E-state index contributed by atoms with van der Waals surface area (Å²) in [6.45, 7) is 6.47. The molecule has 5 rings (SSSR count). The Labute approximate surface area is 249 Å². The van der Waals surface area contributed by atoms with E-state index < -0.39 is 9.84 Å². The Morgan fingerprint density at radius 3 is 2.50 bits per heavy atom. The lowest BCUT2D eigenvalue weighted by Crippen LogP contribution is -2.43. The number of rotatable bonds is 11. The molecule has 1 saturated carbocycles. The predicted octanol–water partition coefficient (Wildman–Crippen LogP) is 4.65. The van der Waals surface area contributed by atoms with Crippen molar-refractivity contribution in [3.63, 3.8) is 0 Å². The van der Waals surface area contributed by atoms with Crippen LogP contribution in [0.1, 0.15) is 65.3 Å². The number of carbonyl (C=O) groups is 1. The van der Waals surface area contributed by atoms with Gasteiger partial charge in [-0.1, -0.05) is 49.1 Å². The molecule has 1 aliphatic heterocycles. The van der Waals surface area contributed by atoms with Crippen LogP contribution in [-0.2, 0) is 26.9 Å². The Kier molecular flexibility index (Phi) is 9.97. The molecule has 0 radical (unpaired) electrons. The van der Waals surface area contributed by atoms with Gasteiger partial charge in [0.05, 0.1) is 44.5 Å². The van der Waals surface area contributed by atoms with E-state index in [0.29, 0.717) is 37.6 Å². The van der Waals surface area contributed by atoms with Crippen molar-refractivity contribution < 1.29 is 22.7 Å². The van der Waals surface area contributed by atoms with Gasteiger partial charge in [0.15, 0.2) is 0 Å². The monoisotopic (exact) mass is 594 g/mol. The summed E-state index contributed by atoms with van der Waals surface area (Å²) < 4.78 is 40.4. The smallest absolute Gasteiger partial charge is 0.254 e. The Balaban J connectivity index is 1.46. The maximum Gasteiger partial charge on any atom is 0.254 e. The molecule has 0 atom stereocenters. The number of nitrogens with zero attached hydrogens (tertiary/aromatic N) is 4. The molecule has 1 aromatic heterocycles. The van der Waals surface area contributed by atoms with E-state index in [1.54, 1.807) is 37.6 Å². The molecule has 0 bridgehead atoms. The molecule has 0 N–H and O–H groups in total. The minimum Gasteiger partial charge on any atom is -0.497 e. The Bertz CT molecular complexity index is 1440. The number of imidazole rings is 1. The first kappa shape index (κ1) is 30.3. The number of amides is 1. The largest absolute Gasteiger partial charge is 0.497 e. The molecule has 10 heteroatoms. The zero-order chi connectivity index (χ0) is 29.5. The maximum atomic E-state index is 13.9. The number of aryl methyl sites for hydroxylation is 1. The summed E-state index contributed by atoms with van der Waals surface area (Å²) in [7, 11) is -2.12. The first-order valence-corrected chi connectivity index (χ1v) is 16.6. The van der Waals surface area contributed by atoms with Crippen LogP contribution < -0.4 is 4.74 Å². The van der Waals surface area contributed by atoms with Crippen molar-refractivity contribution in [2.24, 2.45) is 0 Å². The van der Waals surface area contributed by atoms with Crippen LogP contribution in [0, 0.1) is 6.92 Å². The van der Waals surface area contributed by atoms with Gasteiger partial charge in [-0.25, -0.2) is 13.4 Å². The molecule has 3 aromatic rings.